The van der Waals surface area contributed by atoms with Crippen LogP contribution in [-0.2, 0) is 34.1 Å². The van der Waals surface area contributed by atoms with E-state index in [1.807, 2.05) is 90.7 Å². The van der Waals surface area contributed by atoms with Gasteiger partial charge in [0.25, 0.3) is 0 Å². The Labute approximate surface area is 433 Å². The number of hydrogen-bond donors (Lipinski definition) is 2. The van der Waals surface area contributed by atoms with E-state index in [4.69, 9.17) is 38.7 Å². The number of fused-ring (bicyclic) bond motifs is 3. The lowest BCUT2D eigenvalue weighted by atomic mass is 9.55. The molecule has 12 nitrogen and oxygen atoms in total. The molecule has 73 heavy (non-hydrogen) atoms. The van der Waals surface area contributed by atoms with Crippen LogP contribution in [-0.4, -0.2) is 70.2 Å². The zero-order chi connectivity index (χ0) is 50.8. The summed E-state index contributed by atoms with van der Waals surface area (Å²) in [4.78, 5) is 28.5. The maximum absolute atomic E-state index is 15.5. The predicted molar refractivity (Wildman–Crippen MR) is 284 cm³/mol. The van der Waals surface area contributed by atoms with Gasteiger partial charge in [-0.25, -0.2) is 0 Å². The quantitative estimate of drug-likeness (QED) is 0.0295. The van der Waals surface area contributed by atoms with Crippen LogP contribution in [0.25, 0.3) is 0 Å². The number of aryl methyl sites for hydroxylation is 1. The largest absolute Gasteiger partial charge is 0.487 e. The van der Waals surface area contributed by atoms with E-state index in [9.17, 15) is 10.2 Å². The van der Waals surface area contributed by atoms with Crippen LogP contribution in [0, 0.1) is 24.7 Å². The van der Waals surface area contributed by atoms with Crippen molar-refractivity contribution in [3.8, 4) is 23.0 Å². The number of nitrogens with zero attached hydrogens (tertiary/aromatic N) is 3. The number of rotatable bonds is 30. The number of benzene rings is 3. The maximum Gasteiger partial charge on any atom is 0.239 e. The highest BCUT2D eigenvalue weighted by Gasteiger charge is 2.65. The molecule has 1 amide bonds. The van der Waals surface area contributed by atoms with Gasteiger partial charge in [-0.1, -0.05) is 131 Å². The predicted octanol–water partition coefficient (Wildman–Crippen LogP) is 12.5. The lowest BCUT2D eigenvalue weighted by Crippen LogP contribution is -2.70. The summed E-state index contributed by atoms with van der Waals surface area (Å²) in [5.41, 5.74) is 6.39. The average Bonchev–Trinajstić information content (AvgIpc) is 3.88. The summed E-state index contributed by atoms with van der Waals surface area (Å²) in [6, 6.07) is 27.3. The van der Waals surface area contributed by atoms with E-state index >= 15 is 4.79 Å². The fourth-order valence-corrected chi connectivity index (χ4v) is 11.7. The van der Waals surface area contributed by atoms with Crippen molar-refractivity contribution in [2.45, 2.75) is 161 Å². The minimum Gasteiger partial charge on any atom is -0.487 e. The van der Waals surface area contributed by atoms with Crippen molar-refractivity contribution in [1.82, 2.24) is 9.88 Å². The molecule has 6 atom stereocenters. The van der Waals surface area contributed by atoms with E-state index in [1.165, 1.54) is 38.5 Å². The molecule has 0 saturated heterocycles. The van der Waals surface area contributed by atoms with Crippen molar-refractivity contribution < 1.29 is 43.5 Å². The fraction of sp³-hybridized carbons (Fsp3) is 0.525. The Bertz CT molecular complexity index is 2460. The van der Waals surface area contributed by atoms with Crippen LogP contribution in [0.3, 0.4) is 0 Å². The topological polar surface area (TPSA) is 141 Å². The van der Waals surface area contributed by atoms with Crippen LogP contribution in [0.4, 0.5) is 0 Å². The molecule has 2 aliphatic carbocycles. The van der Waals surface area contributed by atoms with Gasteiger partial charge in [0.15, 0.2) is 11.5 Å². The Morgan fingerprint density at radius 1 is 0.822 bits per heavy atom. The summed E-state index contributed by atoms with van der Waals surface area (Å²) >= 11 is 0. The molecule has 2 N–H and O–H groups in total. The van der Waals surface area contributed by atoms with Crippen LogP contribution < -0.4 is 18.9 Å². The molecule has 8 rings (SSSR count). The van der Waals surface area contributed by atoms with Gasteiger partial charge in [0.05, 0.1) is 23.9 Å². The zero-order valence-corrected chi connectivity index (χ0v) is 43.4. The number of oxime groups is 1. The molecule has 12 heteroatoms. The van der Waals surface area contributed by atoms with Gasteiger partial charge < -0.3 is 43.6 Å². The van der Waals surface area contributed by atoms with Crippen LogP contribution in [0.2, 0.25) is 0 Å². The van der Waals surface area contributed by atoms with Gasteiger partial charge in [-0.2, -0.15) is 0 Å². The Kier molecular flexibility index (Phi) is 19.8. The number of ether oxygens (including phenoxy) is 5. The molecule has 0 spiro atoms. The highest BCUT2D eigenvalue weighted by molar-refractivity contribution is 6.03. The van der Waals surface area contributed by atoms with Gasteiger partial charge in [0.1, 0.15) is 30.8 Å². The molecule has 3 heterocycles. The van der Waals surface area contributed by atoms with Gasteiger partial charge >= 0.3 is 0 Å². The van der Waals surface area contributed by atoms with Crippen molar-refractivity contribution in [2.24, 2.45) is 22.9 Å². The van der Waals surface area contributed by atoms with Crippen molar-refractivity contribution >= 4 is 11.6 Å². The number of allylic oxidation sites excluding steroid dienone is 1. The van der Waals surface area contributed by atoms with Crippen molar-refractivity contribution in [2.75, 3.05) is 26.6 Å². The van der Waals surface area contributed by atoms with Crippen molar-refractivity contribution in [3.05, 3.63) is 137 Å². The molecule has 1 saturated carbocycles. The molecule has 0 bridgehead atoms. The normalized spacial score (nSPS) is 21.9. The Morgan fingerprint density at radius 3 is 2.34 bits per heavy atom. The molecule has 4 aromatic rings. The van der Waals surface area contributed by atoms with Crippen molar-refractivity contribution in [1.29, 1.82) is 0 Å². The molecule has 392 valence electrons. The Hall–Kier alpha value is -5.69. The number of hydrogen-bond acceptors (Lipinski definition) is 11. The smallest absolute Gasteiger partial charge is 0.239 e. The van der Waals surface area contributed by atoms with E-state index in [0.717, 1.165) is 84.3 Å². The zero-order valence-electron chi connectivity index (χ0n) is 43.4. The van der Waals surface area contributed by atoms with E-state index in [0.29, 0.717) is 55.3 Å². The van der Waals surface area contributed by atoms with Gasteiger partial charge in [-0.05, 0) is 110 Å². The van der Waals surface area contributed by atoms with Crippen LogP contribution in [0.15, 0.2) is 114 Å². The number of aliphatic hydroxyl groups excluding tert-OH is 2. The average molecular weight is 998 g/mol. The molecule has 0 radical (unpaired) electrons. The molecule has 3 aromatic carbocycles. The van der Waals surface area contributed by atoms with Gasteiger partial charge in [-0.15, -0.1) is 6.58 Å². The van der Waals surface area contributed by atoms with Gasteiger partial charge in [0.2, 0.25) is 18.5 Å². The maximum atomic E-state index is 15.5. The molecule has 2 aliphatic heterocycles. The molecule has 6 unspecified atom stereocenters. The SMILES string of the molecule is C=CCOC12Oc3ccc(OCc4cccc(C)n4)cc3C3C(CCCCO)C(CCCCO)C=C(C(=NOCc4ccccc4)CC1N(Cc1ccc4c(c1)OCO4)C(=O)CCCCCCCCCCC)C32. The minimum atomic E-state index is -1.40. The molecule has 1 aromatic heterocycles. The van der Waals surface area contributed by atoms with Gasteiger partial charge in [0, 0.05) is 49.8 Å². The second-order valence-electron chi connectivity index (χ2n) is 20.4. The first-order valence-corrected chi connectivity index (χ1v) is 27.3. The van der Waals surface area contributed by atoms with Crippen LogP contribution in [0.1, 0.15) is 150 Å². The third kappa shape index (κ3) is 13.5. The first kappa shape index (κ1) is 53.6. The number of carbonyl (C=O) groups excluding carboxylic acids is 1. The van der Waals surface area contributed by atoms with E-state index in [-0.39, 0.29) is 63.4 Å². The van der Waals surface area contributed by atoms with Crippen LogP contribution >= 0.6 is 0 Å². The second-order valence-corrected chi connectivity index (χ2v) is 20.4. The summed E-state index contributed by atoms with van der Waals surface area (Å²) in [5.74, 6) is 0.794. The fourth-order valence-electron chi connectivity index (χ4n) is 11.7. The van der Waals surface area contributed by atoms with Crippen LogP contribution in [0.5, 0.6) is 23.0 Å². The highest BCUT2D eigenvalue weighted by atomic mass is 16.7. The highest BCUT2D eigenvalue weighted by Crippen LogP contribution is 2.62. The Morgan fingerprint density at radius 2 is 1.58 bits per heavy atom. The summed E-state index contributed by atoms with van der Waals surface area (Å²) in [6.07, 6.45) is 19.8. The van der Waals surface area contributed by atoms with E-state index < -0.39 is 17.7 Å². The monoisotopic (exact) mass is 998 g/mol. The molecular formula is C61H79N3O9. The summed E-state index contributed by atoms with van der Waals surface area (Å²) in [7, 11) is 0. The number of pyridine rings is 1. The summed E-state index contributed by atoms with van der Waals surface area (Å²) in [6.45, 7) is 9.73. The lowest BCUT2D eigenvalue weighted by Gasteiger charge is -2.60. The standard InChI is InChI=1S/C61H79N3O9/c1-4-6-7-8-9-10-11-12-16-28-58(67)64(40-46-29-31-55-56(36-46)70-43-69-55)57-39-53(63-72-41-45-23-14-13-15-24-45)51-37-47(25-17-19-33-65)50(27-18-20-34-66)59-52-38-49(68-42-48-26-21-22-44(3)62-48)30-32-54(52)73-61(57,60(51)59)71-35-5-2/h5,13-15,21-24,26,29-32,36-38,47,50,57,59-60,65-66H,2,4,6-12,16-20,25,27-28,33-35,39-43H2,1,3H3. The Balaban J connectivity index is 1.26. The number of carbonyl (C=O) groups is 1. The molecule has 1 fully saturated rings. The first-order chi connectivity index (χ1) is 35.8. The van der Waals surface area contributed by atoms with E-state index in [1.54, 1.807) is 6.08 Å². The molecule has 4 aliphatic rings. The lowest BCUT2D eigenvalue weighted by molar-refractivity contribution is -0.258. The summed E-state index contributed by atoms with van der Waals surface area (Å²) < 4.78 is 33.1. The van der Waals surface area contributed by atoms with Crippen molar-refractivity contribution in [3.63, 3.8) is 0 Å². The molecular weight excluding hydrogens is 919 g/mol. The number of unbranched alkanes of at least 4 members (excludes halogenated alkanes) is 10. The van der Waals surface area contributed by atoms with Gasteiger partial charge in [-0.3, -0.25) is 9.78 Å². The number of aliphatic hydroxyl groups is 2. The second kappa shape index (κ2) is 27.0. The minimum absolute atomic E-state index is 0.0146. The third-order valence-corrected chi connectivity index (χ3v) is 15.2. The third-order valence-electron chi connectivity index (χ3n) is 15.2. The number of amides is 1. The van der Waals surface area contributed by atoms with E-state index in [2.05, 4.69) is 25.6 Å². The first-order valence-electron chi connectivity index (χ1n) is 27.3. The number of aromatic nitrogens is 1. The summed E-state index contributed by atoms with van der Waals surface area (Å²) in [5, 5.41) is 25.3.